The number of aliphatic hydroxyl groups excluding tert-OH is 2. The summed E-state index contributed by atoms with van der Waals surface area (Å²) < 4.78 is 38.0. The second-order valence-corrected chi connectivity index (χ2v) is 18.6. The highest BCUT2D eigenvalue weighted by molar-refractivity contribution is 7.80. The molecule has 4 aliphatic carbocycles. The molecule has 0 aromatic heterocycles. The summed E-state index contributed by atoms with van der Waals surface area (Å²) in [6.07, 6.45) is 14.6. The normalized spacial score (nSPS) is 36.6. The van der Waals surface area contributed by atoms with Crippen LogP contribution in [-0.4, -0.2) is 86.8 Å². The maximum absolute atomic E-state index is 11.9. The third-order valence-electron chi connectivity index (χ3n) is 14.5. The number of aliphatic hydroxyl groups is 2. The van der Waals surface area contributed by atoms with Gasteiger partial charge in [0.15, 0.2) is 0 Å². The maximum atomic E-state index is 11.9. The third-order valence-corrected chi connectivity index (χ3v) is 15.1. The summed E-state index contributed by atoms with van der Waals surface area (Å²) >= 11 is 0. The van der Waals surface area contributed by atoms with Crippen molar-refractivity contribution in [2.24, 2.45) is 58.0 Å². The van der Waals surface area contributed by atoms with Crippen LogP contribution in [0.25, 0.3) is 0 Å². The molecule has 0 radical (unpaired) electrons. The zero-order valence-electron chi connectivity index (χ0n) is 31.6. The smallest absolute Gasteiger partial charge is 0.393 e. The van der Waals surface area contributed by atoms with E-state index in [0.29, 0.717) is 53.4 Å². The van der Waals surface area contributed by atoms with Crippen LogP contribution in [0.5, 0.6) is 0 Å². The van der Waals surface area contributed by atoms with E-state index in [9.17, 15) is 23.2 Å². The fourth-order valence-corrected chi connectivity index (χ4v) is 12.2. The average molecular weight is 715 g/mol. The van der Waals surface area contributed by atoms with Crippen LogP contribution in [0, 0.1) is 52.3 Å². The zero-order valence-corrected chi connectivity index (χ0v) is 32.4. The number of hydrogen-bond donors (Lipinski definition) is 7. The predicted molar refractivity (Wildman–Crippen MR) is 197 cm³/mol. The highest BCUT2D eigenvalue weighted by atomic mass is 32.3. The maximum Gasteiger partial charge on any atom is 0.397 e. The first-order chi connectivity index (χ1) is 23.2. The Morgan fingerprint density at radius 3 is 2.14 bits per heavy atom. The molecular formula is C38H74N4O6S. The quantitative estimate of drug-likeness (QED) is 0.0643. The van der Waals surface area contributed by atoms with Gasteiger partial charge < -0.3 is 31.9 Å². The molecule has 8 N–H and O–H groups in total. The fourth-order valence-electron chi connectivity index (χ4n) is 11.5. The minimum Gasteiger partial charge on any atom is -0.393 e. The molecule has 0 bridgehead atoms. The summed E-state index contributed by atoms with van der Waals surface area (Å²) in [5, 5.41) is 33.0. The molecule has 4 aliphatic rings. The van der Waals surface area contributed by atoms with Crippen LogP contribution >= 0.6 is 0 Å². The van der Waals surface area contributed by atoms with Crippen LogP contribution in [0.15, 0.2) is 0 Å². The van der Waals surface area contributed by atoms with E-state index < -0.39 is 22.6 Å². The second kappa shape index (κ2) is 18.1. The molecule has 10 nitrogen and oxygen atoms in total. The van der Waals surface area contributed by atoms with E-state index in [1.165, 1.54) is 44.9 Å². The molecule has 4 fully saturated rings. The summed E-state index contributed by atoms with van der Waals surface area (Å²) in [6, 6.07) is 0.550. The van der Waals surface area contributed by atoms with Gasteiger partial charge in [0.25, 0.3) is 0 Å². The van der Waals surface area contributed by atoms with Gasteiger partial charge in [-0.1, -0.05) is 34.6 Å². The van der Waals surface area contributed by atoms with Gasteiger partial charge in [0.05, 0.1) is 12.7 Å². The van der Waals surface area contributed by atoms with Crippen LogP contribution in [0.3, 0.4) is 0 Å². The molecular weight excluding hydrogens is 641 g/mol. The summed E-state index contributed by atoms with van der Waals surface area (Å²) in [5.74, 6) is 2.51. The Hall–Kier alpha value is -0.370. The van der Waals surface area contributed by atoms with Crippen molar-refractivity contribution in [2.75, 3.05) is 45.9 Å². The molecule has 11 heteroatoms. The standard InChI is InChI=1S/C38H74N4O6S/c1-27(2)38(26-43,48-49(45,46)47)17-12-28(3)31-10-11-32-35-33(14-16-37(31,32)5)36(4)15-13-30(24-29(36)25-34(35)44)42-23-9-22-41-20-7-6-19-40-21-8-18-39/h27-35,40-44H,6-26,39H2,1-5H3,(H,45,46,47)/t28-,29-,30+,31-,32?,33?,34-,35?,36+,37-,38-/m1/s1. The topological polar surface area (TPSA) is 166 Å². The first kappa shape index (κ1) is 41.4. The van der Waals surface area contributed by atoms with Crippen molar-refractivity contribution in [3.05, 3.63) is 0 Å². The third kappa shape index (κ3) is 9.99. The Balaban J connectivity index is 1.25. The second-order valence-electron chi connectivity index (χ2n) is 17.6. The van der Waals surface area contributed by atoms with E-state index in [2.05, 4.69) is 36.7 Å². The number of nitrogens with two attached hydrogens (primary N) is 1. The van der Waals surface area contributed by atoms with Gasteiger partial charge in [0.1, 0.15) is 5.60 Å². The van der Waals surface area contributed by atoms with Crippen molar-refractivity contribution in [1.29, 1.82) is 0 Å². The average Bonchev–Trinajstić information content (AvgIpc) is 3.40. The number of unbranched alkanes of at least 4 members (excludes halogenated alkanes) is 1. The summed E-state index contributed by atoms with van der Waals surface area (Å²) in [4.78, 5) is 0. The fraction of sp³-hybridized carbons (Fsp3) is 1.00. The summed E-state index contributed by atoms with van der Waals surface area (Å²) in [5.41, 5.74) is 4.65. The molecule has 288 valence electrons. The first-order valence-corrected chi connectivity index (χ1v) is 21.4. The van der Waals surface area contributed by atoms with Crippen LogP contribution < -0.4 is 21.7 Å². The van der Waals surface area contributed by atoms with E-state index in [1.54, 1.807) is 0 Å². The molecule has 0 saturated heterocycles. The van der Waals surface area contributed by atoms with Crippen molar-refractivity contribution in [3.63, 3.8) is 0 Å². The van der Waals surface area contributed by atoms with Gasteiger partial charge in [-0.3, -0.25) is 4.55 Å². The van der Waals surface area contributed by atoms with Gasteiger partial charge >= 0.3 is 10.4 Å². The molecule has 4 saturated carbocycles. The van der Waals surface area contributed by atoms with Gasteiger partial charge in [0, 0.05) is 6.04 Å². The lowest BCUT2D eigenvalue weighted by Crippen LogP contribution is -2.59. The predicted octanol–water partition coefficient (Wildman–Crippen LogP) is 4.90. The van der Waals surface area contributed by atoms with Gasteiger partial charge in [-0.25, -0.2) is 4.18 Å². The number of nitrogens with one attached hydrogen (secondary N) is 3. The molecule has 11 atom stereocenters. The molecule has 0 heterocycles. The van der Waals surface area contributed by atoms with Gasteiger partial charge in [-0.05, 0) is 181 Å². The van der Waals surface area contributed by atoms with Gasteiger partial charge in [-0.15, -0.1) is 0 Å². The lowest BCUT2D eigenvalue weighted by Gasteiger charge is -2.62. The van der Waals surface area contributed by atoms with Crippen LogP contribution in [-0.2, 0) is 14.6 Å². The Bertz CT molecular complexity index is 1110. The highest BCUT2D eigenvalue weighted by Crippen LogP contribution is 2.68. The van der Waals surface area contributed by atoms with Gasteiger partial charge in [-0.2, -0.15) is 8.42 Å². The Labute approximate surface area is 299 Å². The highest BCUT2D eigenvalue weighted by Gasteiger charge is 2.63. The minimum atomic E-state index is -4.69. The zero-order chi connectivity index (χ0) is 35.9. The van der Waals surface area contributed by atoms with E-state index in [1.807, 2.05) is 13.8 Å². The largest absolute Gasteiger partial charge is 0.397 e. The molecule has 49 heavy (non-hydrogen) atoms. The van der Waals surface area contributed by atoms with Crippen molar-refractivity contribution >= 4 is 10.4 Å². The monoisotopic (exact) mass is 715 g/mol. The van der Waals surface area contributed by atoms with E-state index >= 15 is 0 Å². The van der Waals surface area contributed by atoms with Crippen molar-refractivity contribution < 1.29 is 27.4 Å². The van der Waals surface area contributed by atoms with Crippen LogP contribution in [0.4, 0.5) is 0 Å². The lowest BCUT2D eigenvalue weighted by molar-refractivity contribution is -0.167. The summed E-state index contributed by atoms with van der Waals surface area (Å²) in [6.45, 7) is 16.5. The summed E-state index contributed by atoms with van der Waals surface area (Å²) in [7, 11) is -4.69. The van der Waals surface area contributed by atoms with Crippen molar-refractivity contribution in [3.8, 4) is 0 Å². The molecule has 3 unspecified atom stereocenters. The lowest BCUT2D eigenvalue weighted by atomic mass is 9.43. The molecule has 0 spiro atoms. The van der Waals surface area contributed by atoms with E-state index in [0.717, 1.165) is 77.8 Å². The SMILES string of the molecule is CC(C)[C@](CO)(CC[C@@H](C)[C@H]1CCC2C3C(CC[C@@]21C)[C@@]1(C)CC[C@H](NCCCNCCCCNCCCN)C[C@@H]1C[C@H]3O)OS(=O)(=O)O. The number of fused-ring (bicyclic) bond motifs is 5. The Morgan fingerprint density at radius 1 is 0.878 bits per heavy atom. The molecule has 0 aliphatic heterocycles. The van der Waals surface area contributed by atoms with Crippen molar-refractivity contribution in [2.45, 2.75) is 142 Å². The van der Waals surface area contributed by atoms with Crippen LogP contribution in [0.1, 0.15) is 125 Å². The first-order valence-electron chi connectivity index (χ1n) is 20.0. The molecule has 0 aromatic carbocycles. The Morgan fingerprint density at radius 2 is 1.51 bits per heavy atom. The van der Waals surface area contributed by atoms with Crippen LogP contribution in [0.2, 0.25) is 0 Å². The minimum absolute atomic E-state index is 0.141. The Kier molecular flexibility index (Phi) is 15.3. The molecule has 0 amide bonds. The van der Waals surface area contributed by atoms with Gasteiger partial charge in [0.2, 0.25) is 0 Å². The number of rotatable bonds is 21. The molecule has 4 rings (SSSR count). The number of hydrogen-bond acceptors (Lipinski definition) is 9. The van der Waals surface area contributed by atoms with Crippen molar-refractivity contribution in [1.82, 2.24) is 16.0 Å². The van der Waals surface area contributed by atoms with E-state index in [4.69, 9.17) is 9.92 Å². The molecule has 0 aromatic rings. The van der Waals surface area contributed by atoms with E-state index in [-0.39, 0.29) is 17.4 Å².